The van der Waals surface area contributed by atoms with Gasteiger partial charge in [0.2, 0.25) is 5.88 Å². The number of carbonyl (C=O) groups excluding carboxylic acids is 1. The summed E-state index contributed by atoms with van der Waals surface area (Å²) in [5.41, 5.74) is 1.55. The van der Waals surface area contributed by atoms with E-state index in [0.29, 0.717) is 17.4 Å². The molecule has 0 N–H and O–H groups in total. The zero-order chi connectivity index (χ0) is 15.2. The first-order valence-corrected chi connectivity index (χ1v) is 6.96. The van der Waals surface area contributed by atoms with Crippen LogP contribution in [0.25, 0.3) is 0 Å². The van der Waals surface area contributed by atoms with E-state index in [4.69, 9.17) is 9.47 Å². The average molecular weight is 285 g/mol. The van der Waals surface area contributed by atoms with Crippen LogP contribution in [0.3, 0.4) is 0 Å². The van der Waals surface area contributed by atoms with Crippen LogP contribution in [0, 0.1) is 0 Å². The highest BCUT2D eigenvalue weighted by molar-refractivity contribution is 5.89. The van der Waals surface area contributed by atoms with Crippen LogP contribution >= 0.6 is 0 Å². The van der Waals surface area contributed by atoms with E-state index in [1.807, 2.05) is 24.3 Å². The molecule has 0 aliphatic heterocycles. The van der Waals surface area contributed by atoms with E-state index in [-0.39, 0.29) is 0 Å². The SMILES string of the molecule is CCC(C)c1ccccc1Oc1cc(C(=O)OC)ccn1. The highest BCUT2D eigenvalue weighted by Gasteiger charge is 2.12. The Kier molecular flexibility index (Phi) is 4.93. The number of ether oxygens (including phenoxy) is 2. The van der Waals surface area contributed by atoms with Crippen molar-refractivity contribution in [2.75, 3.05) is 7.11 Å². The summed E-state index contributed by atoms with van der Waals surface area (Å²) in [5, 5.41) is 0. The van der Waals surface area contributed by atoms with Crippen LogP contribution in [0.15, 0.2) is 42.6 Å². The van der Waals surface area contributed by atoms with Gasteiger partial charge < -0.3 is 9.47 Å². The molecular weight excluding hydrogens is 266 g/mol. The first kappa shape index (κ1) is 15.0. The molecule has 1 atom stereocenters. The summed E-state index contributed by atoms with van der Waals surface area (Å²) in [4.78, 5) is 15.7. The third kappa shape index (κ3) is 3.60. The van der Waals surface area contributed by atoms with E-state index in [1.165, 1.54) is 13.3 Å². The molecule has 1 heterocycles. The minimum Gasteiger partial charge on any atom is -0.465 e. The van der Waals surface area contributed by atoms with Gasteiger partial charge in [0.25, 0.3) is 0 Å². The predicted molar refractivity (Wildman–Crippen MR) is 80.8 cm³/mol. The minimum absolute atomic E-state index is 0.383. The second-order valence-electron chi connectivity index (χ2n) is 4.82. The summed E-state index contributed by atoms with van der Waals surface area (Å²) < 4.78 is 10.5. The Labute approximate surface area is 124 Å². The van der Waals surface area contributed by atoms with Gasteiger partial charge in [-0.1, -0.05) is 32.0 Å². The van der Waals surface area contributed by atoms with Gasteiger partial charge in [0.1, 0.15) is 5.75 Å². The third-order valence-electron chi connectivity index (χ3n) is 3.43. The second-order valence-corrected chi connectivity index (χ2v) is 4.82. The fourth-order valence-corrected chi connectivity index (χ4v) is 2.02. The number of methoxy groups -OCH3 is 1. The molecule has 0 saturated heterocycles. The van der Waals surface area contributed by atoms with Crippen molar-refractivity contribution in [3.05, 3.63) is 53.7 Å². The van der Waals surface area contributed by atoms with Gasteiger partial charge in [-0.3, -0.25) is 0 Å². The first-order valence-electron chi connectivity index (χ1n) is 6.96. The molecule has 0 radical (unpaired) electrons. The number of benzene rings is 1. The number of hydrogen-bond donors (Lipinski definition) is 0. The Hall–Kier alpha value is -2.36. The van der Waals surface area contributed by atoms with Gasteiger partial charge in [0, 0.05) is 12.3 Å². The number of pyridine rings is 1. The third-order valence-corrected chi connectivity index (χ3v) is 3.43. The molecule has 110 valence electrons. The zero-order valence-corrected chi connectivity index (χ0v) is 12.5. The number of carbonyl (C=O) groups is 1. The predicted octanol–water partition coefficient (Wildman–Crippen LogP) is 4.17. The quantitative estimate of drug-likeness (QED) is 0.773. The number of rotatable bonds is 5. The molecule has 2 rings (SSSR count). The average Bonchev–Trinajstić information content (AvgIpc) is 2.54. The van der Waals surface area contributed by atoms with Crippen LogP contribution in [0.2, 0.25) is 0 Å². The van der Waals surface area contributed by atoms with E-state index < -0.39 is 5.97 Å². The maximum absolute atomic E-state index is 11.5. The summed E-state index contributed by atoms with van der Waals surface area (Å²) in [6, 6.07) is 11.1. The molecule has 4 nitrogen and oxygen atoms in total. The monoisotopic (exact) mass is 285 g/mol. The smallest absolute Gasteiger partial charge is 0.338 e. The molecule has 0 spiro atoms. The molecule has 0 aliphatic rings. The normalized spacial score (nSPS) is 11.8. The summed E-state index contributed by atoms with van der Waals surface area (Å²) >= 11 is 0. The Bertz CT molecular complexity index is 625. The van der Waals surface area contributed by atoms with Gasteiger partial charge in [0.05, 0.1) is 12.7 Å². The molecular formula is C17H19NO3. The number of nitrogens with zero attached hydrogens (tertiary/aromatic N) is 1. The van der Waals surface area contributed by atoms with Crippen molar-refractivity contribution in [1.82, 2.24) is 4.98 Å². The van der Waals surface area contributed by atoms with Gasteiger partial charge >= 0.3 is 5.97 Å². The minimum atomic E-state index is -0.405. The molecule has 21 heavy (non-hydrogen) atoms. The lowest BCUT2D eigenvalue weighted by Crippen LogP contribution is -2.02. The zero-order valence-electron chi connectivity index (χ0n) is 12.5. The largest absolute Gasteiger partial charge is 0.465 e. The van der Waals surface area contributed by atoms with Crippen molar-refractivity contribution in [3.63, 3.8) is 0 Å². The first-order chi connectivity index (χ1) is 10.2. The maximum atomic E-state index is 11.5. The molecule has 2 aromatic rings. The van der Waals surface area contributed by atoms with Crippen molar-refractivity contribution in [3.8, 4) is 11.6 Å². The van der Waals surface area contributed by atoms with Crippen molar-refractivity contribution in [2.24, 2.45) is 0 Å². The van der Waals surface area contributed by atoms with Crippen molar-refractivity contribution >= 4 is 5.97 Å². The van der Waals surface area contributed by atoms with Crippen molar-refractivity contribution < 1.29 is 14.3 Å². The lowest BCUT2D eigenvalue weighted by molar-refractivity contribution is 0.0600. The van der Waals surface area contributed by atoms with Crippen LogP contribution in [0.4, 0.5) is 0 Å². The Morgan fingerprint density at radius 3 is 2.76 bits per heavy atom. The van der Waals surface area contributed by atoms with Gasteiger partial charge in [0.15, 0.2) is 0 Å². The van der Waals surface area contributed by atoms with E-state index in [0.717, 1.165) is 17.7 Å². The number of esters is 1. The van der Waals surface area contributed by atoms with Gasteiger partial charge in [-0.15, -0.1) is 0 Å². The highest BCUT2D eigenvalue weighted by atomic mass is 16.5. The van der Waals surface area contributed by atoms with E-state index in [9.17, 15) is 4.79 Å². The van der Waals surface area contributed by atoms with E-state index >= 15 is 0 Å². The molecule has 0 aliphatic carbocycles. The van der Waals surface area contributed by atoms with Gasteiger partial charge in [-0.05, 0) is 30.0 Å². The fraction of sp³-hybridized carbons (Fsp3) is 0.294. The molecule has 0 fully saturated rings. The fourth-order valence-electron chi connectivity index (χ4n) is 2.02. The standard InChI is InChI=1S/C17H19NO3/c1-4-12(2)14-7-5-6-8-15(14)21-16-11-13(9-10-18-16)17(19)20-3/h5-12H,4H2,1-3H3. The summed E-state index contributed by atoms with van der Waals surface area (Å²) in [7, 11) is 1.35. The molecule has 1 unspecified atom stereocenters. The molecule has 1 aromatic heterocycles. The van der Waals surface area contributed by atoms with Crippen LogP contribution < -0.4 is 4.74 Å². The van der Waals surface area contributed by atoms with Crippen LogP contribution in [0.5, 0.6) is 11.6 Å². The van der Waals surface area contributed by atoms with Gasteiger partial charge in [-0.2, -0.15) is 0 Å². The van der Waals surface area contributed by atoms with Crippen LogP contribution in [0.1, 0.15) is 42.1 Å². The molecule has 0 saturated carbocycles. The number of aromatic nitrogens is 1. The highest BCUT2D eigenvalue weighted by Crippen LogP contribution is 2.31. The molecule has 0 bridgehead atoms. The lowest BCUT2D eigenvalue weighted by atomic mass is 9.98. The van der Waals surface area contributed by atoms with Crippen molar-refractivity contribution in [2.45, 2.75) is 26.2 Å². The lowest BCUT2D eigenvalue weighted by Gasteiger charge is -2.15. The molecule has 0 amide bonds. The topological polar surface area (TPSA) is 48.4 Å². The Morgan fingerprint density at radius 2 is 2.05 bits per heavy atom. The Balaban J connectivity index is 2.28. The van der Waals surface area contributed by atoms with Crippen molar-refractivity contribution in [1.29, 1.82) is 0 Å². The summed E-state index contributed by atoms with van der Waals surface area (Å²) in [6.45, 7) is 4.29. The summed E-state index contributed by atoms with van der Waals surface area (Å²) in [5.74, 6) is 1.14. The molecule has 1 aromatic carbocycles. The molecule has 4 heteroatoms. The number of para-hydroxylation sites is 1. The van der Waals surface area contributed by atoms with Gasteiger partial charge in [-0.25, -0.2) is 9.78 Å². The van der Waals surface area contributed by atoms with E-state index in [1.54, 1.807) is 12.1 Å². The second kappa shape index (κ2) is 6.88. The van der Waals surface area contributed by atoms with E-state index in [2.05, 4.69) is 18.8 Å². The number of hydrogen-bond acceptors (Lipinski definition) is 4. The Morgan fingerprint density at radius 1 is 1.29 bits per heavy atom. The van der Waals surface area contributed by atoms with Crippen LogP contribution in [-0.4, -0.2) is 18.1 Å². The maximum Gasteiger partial charge on any atom is 0.338 e. The van der Waals surface area contributed by atoms with Crippen LogP contribution in [-0.2, 0) is 4.74 Å². The summed E-state index contributed by atoms with van der Waals surface area (Å²) in [6.07, 6.45) is 2.56.